The standard InChI is InChI=1S/C16H36OPS2.Mo/c1-5-9-11-15(7-3)13-20(18(17)19)14-16(8-4)12-10-6-2;/h15-17,19H,5-14H2,1-4H3;/q+1;-1. The van der Waals surface area contributed by atoms with E-state index in [1.807, 2.05) is 19.3 Å². The Labute approximate surface area is 152 Å². The monoisotopic (exact) mass is 437 g/mol. The van der Waals surface area contributed by atoms with Gasteiger partial charge in [0, 0.05) is 0 Å². The summed E-state index contributed by atoms with van der Waals surface area (Å²) < 4.78 is -1.99. The van der Waals surface area contributed by atoms with E-state index in [0.717, 1.165) is 11.8 Å². The van der Waals surface area contributed by atoms with Crippen LogP contribution in [0.2, 0.25) is 0 Å². The van der Waals surface area contributed by atoms with Crippen LogP contribution in [0.4, 0.5) is 0 Å². The van der Waals surface area contributed by atoms with Gasteiger partial charge in [-0.3, -0.25) is 0 Å². The molecule has 0 rings (SSSR count). The van der Waals surface area contributed by atoms with Gasteiger partial charge in [-0.15, -0.1) is 0 Å². The third kappa shape index (κ3) is 11.0. The van der Waals surface area contributed by atoms with E-state index in [0.29, 0.717) is 0 Å². The van der Waals surface area contributed by atoms with E-state index in [1.54, 1.807) is 0 Å². The molecule has 0 fully saturated rings. The predicted molar refractivity (Wildman–Crippen MR) is 102 cm³/mol. The van der Waals surface area contributed by atoms with Gasteiger partial charge in [-0.2, -0.15) is 0 Å². The van der Waals surface area contributed by atoms with Crippen LogP contribution in [0.15, 0.2) is 0 Å². The molecule has 0 aliphatic rings. The summed E-state index contributed by atoms with van der Waals surface area (Å²) in [6.45, 7) is 9.16. The Morgan fingerprint density at radius 3 is 1.57 bits per heavy atom. The third-order valence-electron chi connectivity index (χ3n) is 4.28. The van der Waals surface area contributed by atoms with Crippen LogP contribution in [0.25, 0.3) is 0 Å². The maximum atomic E-state index is 10.6. The van der Waals surface area contributed by atoms with Crippen LogP contribution < -0.4 is 0 Å². The molecule has 3 unspecified atom stereocenters. The maximum absolute atomic E-state index is 10.6. The molecule has 129 valence electrons. The SMILES string of the molecule is CCCCC(CC)CS(CC(CC)CCCC)=[P](O)(S)[Mo]. The summed E-state index contributed by atoms with van der Waals surface area (Å²) in [4.78, 5) is 10.6. The van der Waals surface area contributed by atoms with Gasteiger partial charge in [0.15, 0.2) is 0 Å². The van der Waals surface area contributed by atoms with Gasteiger partial charge in [0.05, 0.1) is 0 Å². The molecular weight excluding hydrogens is 399 g/mol. The van der Waals surface area contributed by atoms with Crippen molar-refractivity contribution < 1.29 is 24.2 Å². The number of hydrogen-bond acceptors (Lipinski definition) is 0. The molecule has 0 radical (unpaired) electrons. The number of hydrogen-bond donors (Lipinski definition) is 2. The van der Waals surface area contributed by atoms with Gasteiger partial charge in [-0.1, -0.05) is 0 Å². The summed E-state index contributed by atoms with van der Waals surface area (Å²) in [6.07, 6.45) is 10.4. The number of thiol groups is 1. The first kappa shape index (κ1) is 22.8. The van der Waals surface area contributed by atoms with E-state index < -0.39 is 3.56 Å². The Kier molecular flexibility index (Phi) is 14.2. The third-order valence-corrected chi connectivity index (χ3v) is 16.3. The fourth-order valence-electron chi connectivity index (χ4n) is 2.60. The van der Waals surface area contributed by atoms with Crippen molar-refractivity contribution in [3.05, 3.63) is 0 Å². The summed E-state index contributed by atoms with van der Waals surface area (Å²) in [5, 5.41) is 0. The summed E-state index contributed by atoms with van der Waals surface area (Å²) in [5.74, 6) is 4.01. The zero-order chi connectivity index (χ0) is 16.3. The fourth-order valence-corrected chi connectivity index (χ4v) is 11.3. The zero-order valence-corrected chi connectivity index (χ0v) is 19.0. The van der Waals surface area contributed by atoms with Crippen molar-refractivity contribution in [1.82, 2.24) is 0 Å². The molecule has 0 aromatic rings. The van der Waals surface area contributed by atoms with E-state index in [2.05, 4.69) is 39.9 Å². The van der Waals surface area contributed by atoms with Gasteiger partial charge in [0.2, 0.25) is 0 Å². The van der Waals surface area contributed by atoms with Crippen molar-refractivity contribution >= 4 is 25.9 Å². The quantitative estimate of drug-likeness (QED) is 0.213. The van der Waals surface area contributed by atoms with Gasteiger partial charge in [0.1, 0.15) is 0 Å². The molecule has 5 heteroatoms. The van der Waals surface area contributed by atoms with Gasteiger partial charge in [-0.05, 0) is 0 Å². The van der Waals surface area contributed by atoms with Crippen LogP contribution in [0.5, 0.6) is 0 Å². The Balaban J connectivity index is 4.82. The molecule has 0 saturated heterocycles. The van der Waals surface area contributed by atoms with Crippen molar-refractivity contribution in [3.8, 4) is 0 Å². The molecule has 0 aliphatic heterocycles. The van der Waals surface area contributed by atoms with Crippen LogP contribution >= 0.6 is 15.8 Å². The molecule has 0 aromatic heterocycles. The van der Waals surface area contributed by atoms with Crippen LogP contribution in [0.3, 0.4) is 0 Å². The van der Waals surface area contributed by atoms with Crippen LogP contribution in [0, 0.1) is 11.8 Å². The molecule has 1 nitrogen and oxygen atoms in total. The first-order chi connectivity index (χ1) is 9.88. The minimum atomic E-state index is -1.99. The van der Waals surface area contributed by atoms with E-state index >= 15 is 0 Å². The second-order valence-electron chi connectivity index (χ2n) is 6.12. The summed E-state index contributed by atoms with van der Waals surface area (Å²) in [7, 11) is 0.127. The van der Waals surface area contributed by atoms with Gasteiger partial charge in [0.25, 0.3) is 0 Å². The summed E-state index contributed by atoms with van der Waals surface area (Å²) in [6, 6.07) is 0. The number of rotatable bonds is 12. The molecule has 0 heterocycles. The van der Waals surface area contributed by atoms with Crippen molar-refractivity contribution in [1.29, 1.82) is 0 Å². The molecule has 3 atom stereocenters. The van der Waals surface area contributed by atoms with Crippen molar-refractivity contribution in [3.63, 3.8) is 0 Å². The van der Waals surface area contributed by atoms with Gasteiger partial charge < -0.3 is 0 Å². The Morgan fingerprint density at radius 1 is 0.952 bits per heavy atom. The fraction of sp³-hybridized carbons (Fsp3) is 1.00. The molecule has 0 bridgehead atoms. The van der Waals surface area contributed by atoms with Crippen LogP contribution in [0.1, 0.15) is 79.1 Å². The molecule has 0 amide bonds. The number of unbranched alkanes of at least 4 members (excludes halogenated alkanes) is 2. The topological polar surface area (TPSA) is 20.2 Å². The Morgan fingerprint density at radius 2 is 1.33 bits per heavy atom. The minimum absolute atomic E-state index is 0.127. The molecule has 0 aromatic carbocycles. The van der Waals surface area contributed by atoms with E-state index in [4.69, 9.17) is 0 Å². The summed E-state index contributed by atoms with van der Waals surface area (Å²) >= 11 is 6.57. The van der Waals surface area contributed by atoms with E-state index in [1.165, 1.54) is 62.9 Å². The predicted octanol–water partition coefficient (Wildman–Crippen LogP) is 6.18. The average molecular weight is 436 g/mol. The molecule has 1 N–H and O–H groups in total. The molecular formula is C16H36MoOPS2. The first-order valence-corrected chi connectivity index (χ1v) is 16.3. The summed E-state index contributed by atoms with van der Waals surface area (Å²) in [5.41, 5.74) is 0. The Hall–Kier alpha value is 1.78. The normalized spacial score (nSPS) is 19.0. The van der Waals surface area contributed by atoms with Crippen molar-refractivity contribution in [2.24, 2.45) is 11.8 Å². The second kappa shape index (κ2) is 13.1. The first-order valence-electron chi connectivity index (χ1n) is 8.62. The van der Waals surface area contributed by atoms with Crippen molar-refractivity contribution in [2.45, 2.75) is 79.1 Å². The van der Waals surface area contributed by atoms with E-state index in [-0.39, 0.29) is 10.1 Å². The molecule has 0 saturated carbocycles. The second-order valence-corrected chi connectivity index (χ2v) is 22.3. The van der Waals surface area contributed by atoms with Crippen LogP contribution in [-0.2, 0) is 29.4 Å². The van der Waals surface area contributed by atoms with Gasteiger partial charge >= 0.3 is 152 Å². The molecule has 21 heavy (non-hydrogen) atoms. The average Bonchev–Trinajstić information content (AvgIpc) is 2.44. The van der Waals surface area contributed by atoms with E-state index in [9.17, 15) is 4.89 Å². The van der Waals surface area contributed by atoms with Gasteiger partial charge in [-0.25, -0.2) is 0 Å². The van der Waals surface area contributed by atoms with Crippen LogP contribution in [-0.4, -0.2) is 16.4 Å². The zero-order valence-electron chi connectivity index (χ0n) is 14.4. The Bertz CT molecular complexity index is 289. The molecule has 0 aliphatic carbocycles. The molecule has 0 spiro atoms. The van der Waals surface area contributed by atoms with Crippen molar-refractivity contribution in [2.75, 3.05) is 11.5 Å².